The van der Waals surface area contributed by atoms with E-state index in [0.717, 1.165) is 5.69 Å². The molecule has 0 aliphatic rings. The Morgan fingerprint density at radius 2 is 2.26 bits per heavy atom. The van der Waals surface area contributed by atoms with Crippen LogP contribution >= 0.6 is 0 Å². The molecule has 1 amide bonds. The molecule has 0 aliphatic carbocycles. The fraction of sp³-hybridized carbons (Fsp3) is 0.462. The Morgan fingerprint density at radius 1 is 1.53 bits per heavy atom. The van der Waals surface area contributed by atoms with Crippen LogP contribution in [0.15, 0.2) is 24.0 Å². The van der Waals surface area contributed by atoms with E-state index in [-0.39, 0.29) is 5.91 Å². The van der Waals surface area contributed by atoms with Crippen LogP contribution in [0.4, 0.5) is 0 Å². The molecule has 0 saturated heterocycles. The van der Waals surface area contributed by atoms with Gasteiger partial charge in [0.25, 0.3) is 0 Å². The zero-order chi connectivity index (χ0) is 14.3. The van der Waals surface area contributed by atoms with Gasteiger partial charge < -0.3 is 10.1 Å². The minimum absolute atomic E-state index is 0.161. The zero-order valence-corrected chi connectivity index (χ0v) is 11.5. The molecule has 0 spiro atoms. The zero-order valence-electron chi connectivity index (χ0n) is 11.5. The number of allylic oxidation sites excluding steroid dienone is 1. The summed E-state index contributed by atoms with van der Waals surface area (Å²) in [7, 11) is 0. The van der Waals surface area contributed by atoms with E-state index in [9.17, 15) is 9.59 Å². The molecule has 0 bridgehead atoms. The van der Waals surface area contributed by atoms with Crippen LogP contribution in [0, 0.1) is 6.92 Å². The largest absolute Gasteiger partial charge is 0.463 e. The van der Waals surface area contributed by atoms with Crippen LogP contribution in [0.25, 0.3) is 0 Å². The number of carbonyl (C=O) groups is 2. The molecule has 1 aromatic heterocycles. The van der Waals surface area contributed by atoms with Crippen LogP contribution in [-0.4, -0.2) is 28.3 Å². The second kappa shape index (κ2) is 7.35. The van der Waals surface area contributed by atoms with Gasteiger partial charge in [-0.25, -0.2) is 4.79 Å². The van der Waals surface area contributed by atoms with Crippen molar-refractivity contribution in [2.75, 3.05) is 6.61 Å². The average Bonchev–Trinajstić information content (AvgIpc) is 2.72. The van der Waals surface area contributed by atoms with Gasteiger partial charge in [0, 0.05) is 30.9 Å². The van der Waals surface area contributed by atoms with Crippen LogP contribution in [0.2, 0.25) is 0 Å². The number of amides is 1. The van der Waals surface area contributed by atoms with E-state index in [4.69, 9.17) is 4.74 Å². The predicted octanol–water partition coefficient (Wildman–Crippen LogP) is 1.16. The van der Waals surface area contributed by atoms with E-state index >= 15 is 0 Å². The third-order valence-corrected chi connectivity index (χ3v) is 2.30. The minimum Gasteiger partial charge on any atom is -0.463 e. The van der Waals surface area contributed by atoms with Gasteiger partial charge in [0.15, 0.2) is 0 Å². The summed E-state index contributed by atoms with van der Waals surface area (Å²) in [6.07, 6.45) is 3.39. The third-order valence-electron chi connectivity index (χ3n) is 2.30. The van der Waals surface area contributed by atoms with Crippen LogP contribution < -0.4 is 5.32 Å². The molecule has 1 N–H and O–H groups in total. The van der Waals surface area contributed by atoms with E-state index in [1.807, 2.05) is 19.2 Å². The average molecular weight is 265 g/mol. The van der Waals surface area contributed by atoms with Gasteiger partial charge in [0.05, 0.1) is 12.3 Å². The van der Waals surface area contributed by atoms with Crippen molar-refractivity contribution < 1.29 is 14.3 Å². The molecule has 1 aromatic rings. The summed E-state index contributed by atoms with van der Waals surface area (Å²) < 4.78 is 6.45. The Kier molecular flexibility index (Phi) is 5.78. The Morgan fingerprint density at radius 3 is 2.84 bits per heavy atom. The first-order valence-electron chi connectivity index (χ1n) is 6.16. The summed E-state index contributed by atoms with van der Waals surface area (Å²) in [5.74, 6) is -0.616. The first-order chi connectivity index (χ1) is 9.01. The van der Waals surface area contributed by atoms with Gasteiger partial charge >= 0.3 is 5.97 Å². The summed E-state index contributed by atoms with van der Waals surface area (Å²) in [6, 6.07) is 1.88. The molecule has 6 heteroatoms. The topological polar surface area (TPSA) is 73.2 Å². The summed E-state index contributed by atoms with van der Waals surface area (Å²) in [4.78, 5) is 22.8. The van der Waals surface area contributed by atoms with Crippen LogP contribution in [-0.2, 0) is 20.9 Å². The molecular formula is C13H19N3O3. The Hall–Kier alpha value is -2.11. The lowest BCUT2D eigenvalue weighted by molar-refractivity contribution is -0.137. The molecule has 19 heavy (non-hydrogen) atoms. The van der Waals surface area contributed by atoms with Crippen molar-refractivity contribution in [3.05, 3.63) is 29.7 Å². The molecule has 1 heterocycles. The lowest BCUT2D eigenvalue weighted by Crippen LogP contribution is -2.23. The molecule has 6 nitrogen and oxygen atoms in total. The van der Waals surface area contributed by atoms with E-state index in [0.29, 0.717) is 25.3 Å². The monoisotopic (exact) mass is 265 g/mol. The number of nitrogens with one attached hydrogen (secondary N) is 1. The molecule has 0 aromatic carbocycles. The van der Waals surface area contributed by atoms with Crippen molar-refractivity contribution in [3.8, 4) is 0 Å². The number of hydrogen-bond donors (Lipinski definition) is 1. The van der Waals surface area contributed by atoms with Gasteiger partial charge in [-0.15, -0.1) is 0 Å². The minimum atomic E-state index is -0.456. The molecule has 0 unspecified atom stereocenters. The van der Waals surface area contributed by atoms with E-state index in [2.05, 4.69) is 10.4 Å². The van der Waals surface area contributed by atoms with Gasteiger partial charge in [-0.3, -0.25) is 9.48 Å². The van der Waals surface area contributed by atoms with Crippen molar-refractivity contribution in [1.29, 1.82) is 0 Å². The fourth-order valence-corrected chi connectivity index (χ4v) is 1.48. The summed E-state index contributed by atoms with van der Waals surface area (Å²) in [5.41, 5.74) is 1.39. The number of esters is 1. The molecule has 104 valence electrons. The first-order valence-corrected chi connectivity index (χ1v) is 6.16. The third kappa shape index (κ3) is 5.85. The molecule has 0 saturated carbocycles. The molecule has 0 atom stereocenters. The Labute approximate surface area is 112 Å². The van der Waals surface area contributed by atoms with Crippen molar-refractivity contribution in [2.45, 2.75) is 33.7 Å². The maximum Gasteiger partial charge on any atom is 0.332 e. The van der Waals surface area contributed by atoms with Crippen LogP contribution in [0.3, 0.4) is 0 Å². The highest BCUT2D eigenvalue weighted by molar-refractivity contribution is 5.84. The highest BCUT2D eigenvalue weighted by Crippen LogP contribution is 1.96. The van der Waals surface area contributed by atoms with Gasteiger partial charge in [-0.05, 0) is 26.8 Å². The van der Waals surface area contributed by atoms with Crippen molar-refractivity contribution >= 4 is 11.9 Å². The summed E-state index contributed by atoms with van der Waals surface area (Å²) in [6.45, 7) is 6.09. The smallest absolute Gasteiger partial charge is 0.332 e. The Balaban J connectivity index is 2.36. The summed E-state index contributed by atoms with van der Waals surface area (Å²) >= 11 is 0. The van der Waals surface area contributed by atoms with Gasteiger partial charge in [0.2, 0.25) is 5.91 Å². The molecule has 1 rings (SSSR count). The van der Waals surface area contributed by atoms with Crippen molar-refractivity contribution in [1.82, 2.24) is 15.1 Å². The standard InChI is InChI=1S/C13H19N3O3/c1-4-19-13(18)9-11(3)14-12(17)6-8-16-7-5-10(2)15-16/h5,7,9H,4,6,8H2,1-3H3,(H,14,17)/b11-9+. The quantitative estimate of drug-likeness (QED) is 0.619. The van der Waals surface area contributed by atoms with Gasteiger partial charge in [0.1, 0.15) is 0 Å². The number of hydrogen-bond acceptors (Lipinski definition) is 4. The number of ether oxygens (including phenoxy) is 1. The molecule has 0 fully saturated rings. The Bertz CT molecular complexity index is 477. The van der Waals surface area contributed by atoms with Crippen molar-refractivity contribution in [2.24, 2.45) is 0 Å². The molecule has 0 aliphatic heterocycles. The SMILES string of the molecule is CCOC(=O)/C=C(\C)NC(=O)CCn1ccc(C)n1. The highest BCUT2D eigenvalue weighted by Gasteiger charge is 2.04. The molecule has 0 radical (unpaired) electrons. The normalized spacial score (nSPS) is 11.2. The number of aromatic nitrogens is 2. The maximum atomic E-state index is 11.6. The highest BCUT2D eigenvalue weighted by atomic mass is 16.5. The second-order valence-electron chi connectivity index (χ2n) is 4.10. The number of nitrogens with zero attached hydrogens (tertiary/aromatic N) is 2. The van der Waals surface area contributed by atoms with E-state index in [1.165, 1.54) is 6.08 Å². The number of rotatable bonds is 6. The summed E-state index contributed by atoms with van der Waals surface area (Å²) in [5, 5.41) is 6.81. The van der Waals surface area contributed by atoms with Gasteiger partial charge in [-0.2, -0.15) is 5.10 Å². The van der Waals surface area contributed by atoms with Gasteiger partial charge in [-0.1, -0.05) is 0 Å². The lowest BCUT2D eigenvalue weighted by Gasteiger charge is -2.05. The molecular weight excluding hydrogens is 246 g/mol. The lowest BCUT2D eigenvalue weighted by atomic mass is 10.3. The first kappa shape index (κ1) is 14.9. The predicted molar refractivity (Wildman–Crippen MR) is 70.1 cm³/mol. The second-order valence-corrected chi connectivity index (χ2v) is 4.10. The fourth-order valence-electron chi connectivity index (χ4n) is 1.48. The van der Waals surface area contributed by atoms with E-state index in [1.54, 1.807) is 18.5 Å². The number of aryl methyl sites for hydroxylation is 2. The van der Waals surface area contributed by atoms with Crippen molar-refractivity contribution in [3.63, 3.8) is 0 Å². The van der Waals surface area contributed by atoms with E-state index < -0.39 is 5.97 Å². The number of carbonyl (C=O) groups excluding carboxylic acids is 2. The van der Waals surface area contributed by atoms with Crippen LogP contribution in [0.1, 0.15) is 26.0 Å². The van der Waals surface area contributed by atoms with Crippen LogP contribution in [0.5, 0.6) is 0 Å². The maximum absolute atomic E-state index is 11.6.